The van der Waals surface area contributed by atoms with Crippen molar-refractivity contribution in [2.45, 2.75) is 13.3 Å². The molecule has 0 radical (unpaired) electrons. The molecule has 0 saturated carbocycles. The van der Waals surface area contributed by atoms with E-state index < -0.39 is 0 Å². The molecule has 4 heteroatoms. The Labute approximate surface area is 108 Å². The third kappa shape index (κ3) is 3.23. The van der Waals surface area contributed by atoms with E-state index in [4.69, 9.17) is 4.74 Å². The number of hydrogen-bond donors (Lipinski definition) is 1. The SMILES string of the molecule is CCCNC(=O)c1ccc(N2CCOCC2)cc1. The number of benzene rings is 1. The molecular formula is C14H20N2O2. The third-order valence-corrected chi connectivity index (χ3v) is 3.04. The number of anilines is 1. The maximum atomic E-state index is 11.7. The van der Waals surface area contributed by atoms with E-state index in [0.717, 1.165) is 50.5 Å². The highest BCUT2D eigenvalue weighted by atomic mass is 16.5. The maximum Gasteiger partial charge on any atom is 0.251 e. The number of hydrogen-bond acceptors (Lipinski definition) is 3. The van der Waals surface area contributed by atoms with Crippen LogP contribution in [-0.4, -0.2) is 38.8 Å². The molecule has 0 aromatic heterocycles. The first kappa shape index (κ1) is 12.9. The predicted molar refractivity (Wildman–Crippen MR) is 72.1 cm³/mol. The van der Waals surface area contributed by atoms with Gasteiger partial charge in [0.2, 0.25) is 0 Å². The van der Waals surface area contributed by atoms with Crippen LogP contribution in [0.25, 0.3) is 0 Å². The molecule has 0 atom stereocenters. The summed E-state index contributed by atoms with van der Waals surface area (Å²) in [5.41, 5.74) is 1.88. The van der Waals surface area contributed by atoms with Gasteiger partial charge in [-0.25, -0.2) is 0 Å². The normalized spacial score (nSPS) is 15.5. The number of rotatable bonds is 4. The van der Waals surface area contributed by atoms with Crippen LogP contribution in [0.4, 0.5) is 5.69 Å². The predicted octanol–water partition coefficient (Wildman–Crippen LogP) is 1.66. The molecule has 0 bridgehead atoms. The molecule has 1 N–H and O–H groups in total. The molecular weight excluding hydrogens is 228 g/mol. The van der Waals surface area contributed by atoms with Gasteiger partial charge in [0.15, 0.2) is 0 Å². The lowest BCUT2D eigenvalue weighted by Crippen LogP contribution is -2.36. The van der Waals surface area contributed by atoms with Gasteiger partial charge in [-0.05, 0) is 30.7 Å². The Bertz CT molecular complexity index is 383. The number of carbonyl (C=O) groups is 1. The monoisotopic (exact) mass is 248 g/mol. The fourth-order valence-electron chi connectivity index (χ4n) is 1.99. The zero-order valence-electron chi connectivity index (χ0n) is 10.8. The summed E-state index contributed by atoms with van der Waals surface area (Å²) >= 11 is 0. The van der Waals surface area contributed by atoms with Gasteiger partial charge in [0, 0.05) is 30.9 Å². The summed E-state index contributed by atoms with van der Waals surface area (Å²) in [7, 11) is 0. The van der Waals surface area contributed by atoms with Crippen LogP contribution in [0.15, 0.2) is 24.3 Å². The van der Waals surface area contributed by atoms with Crippen molar-refractivity contribution in [1.29, 1.82) is 0 Å². The van der Waals surface area contributed by atoms with Crippen molar-refractivity contribution >= 4 is 11.6 Å². The van der Waals surface area contributed by atoms with E-state index in [0.29, 0.717) is 0 Å². The average molecular weight is 248 g/mol. The summed E-state index contributed by atoms with van der Waals surface area (Å²) in [4.78, 5) is 14.0. The van der Waals surface area contributed by atoms with Gasteiger partial charge in [-0.1, -0.05) is 6.92 Å². The van der Waals surface area contributed by atoms with Gasteiger partial charge in [-0.2, -0.15) is 0 Å². The Kier molecular flexibility index (Phi) is 4.59. The van der Waals surface area contributed by atoms with Crippen molar-refractivity contribution in [1.82, 2.24) is 5.32 Å². The molecule has 1 aliphatic rings. The third-order valence-electron chi connectivity index (χ3n) is 3.04. The minimum absolute atomic E-state index is 0.00498. The molecule has 0 aliphatic carbocycles. The highest BCUT2D eigenvalue weighted by Crippen LogP contribution is 2.16. The van der Waals surface area contributed by atoms with Crippen LogP contribution >= 0.6 is 0 Å². The molecule has 18 heavy (non-hydrogen) atoms. The molecule has 2 rings (SSSR count). The molecule has 98 valence electrons. The van der Waals surface area contributed by atoms with E-state index >= 15 is 0 Å². The van der Waals surface area contributed by atoms with Crippen molar-refractivity contribution in [3.8, 4) is 0 Å². The molecule has 1 aromatic rings. The number of carbonyl (C=O) groups excluding carboxylic acids is 1. The second kappa shape index (κ2) is 6.40. The van der Waals surface area contributed by atoms with Crippen molar-refractivity contribution in [2.24, 2.45) is 0 Å². The maximum absolute atomic E-state index is 11.7. The molecule has 1 aromatic carbocycles. The second-order valence-electron chi connectivity index (χ2n) is 4.40. The Morgan fingerprint density at radius 1 is 1.28 bits per heavy atom. The Balaban J connectivity index is 1.98. The van der Waals surface area contributed by atoms with Crippen molar-refractivity contribution in [3.05, 3.63) is 29.8 Å². The van der Waals surface area contributed by atoms with Gasteiger partial charge >= 0.3 is 0 Å². The van der Waals surface area contributed by atoms with Gasteiger partial charge in [0.1, 0.15) is 0 Å². The zero-order chi connectivity index (χ0) is 12.8. The Hall–Kier alpha value is -1.55. The second-order valence-corrected chi connectivity index (χ2v) is 4.40. The number of amides is 1. The minimum atomic E-state index is 0.00498. The van der Waals surface area contributed by atoms with Crippen LogP contribution in [0.3, 0.4) is 0 Å². The van der Waals surface area contributed by atoms with Crippen LogP contribution in [-0.2, 0) is 4.74 Å². The van der Waals surface area contributed by atoms with Crippen molar-refractivity contribution in [2.75, 3.05) is 37.7 Å². The Morgan fingerprint density at radius 3 is 2.56 bits per heavy atom. The molecule has 0 spiro atoms. The molecule has 1 aliphatic heterocycles. The van der Waals surface area contributed by atoms with E-state index in [9.17, 15) is 4.79 Å². The standard InChI is InChI=1S/C14H20N2O2/c1-2-7-15-14(17)12-3-5-13(6-4-12)16-8-10-18-11-9-16/h3-6H,2,7-11H2,1H3,(H,15,17). The molecule has 1 fully saturated rings. The van der Waals surface area contributed by atoms with Crippen LogP contribution in [0.1, 0.15) is 23.7 Å². The minimum Gasteiger partial charge on any atom is -0.378 e. The number of morpholine rings is 1. The van der Waals surface area contributed by atoms with E-state index in [1.807, 2.05) is 31.2 Å². The van der Waals surface area contributed by atoms with Gasteiger partial charge in [-0.3, -0.25) is 4.79 Å². The number of nitrogens with one attached hydrogen (secondary N) is 1. The zero-order valence-corrected chi connectivity index (χ0v) is 10.8. The average Bonchev–Trinajstić information content (AvgIpc) is 2.46. The molecule has 1 saturated heterocycles. The fraction of sp³-hybridized carbons (Fsp3) is 0.500. The lowest BCUT2D eigenvalue weighted by molar-refractivity contribution is 0.0953. The van der Waals surface area contributed by atoms with Crippen molar-refractivity contribution in [3.63, 3.8) is 0 Å². The van der Waals surface area contributed by atoms with Gasteiger partial charge in [0.25, 0.3) is 5.91 Å². The highest BCUT2D eigenvalue weighted by Gasteiger charge is 2.11. The quantitative estimate of drug-likeness (QED) is 0.881. The lowest BCUT2D eigenvalue weighted by atomic mass is 10.1. The van der Waals surface area contributed by atoms with Gasteiger partial charge in [-0.15, -0.1) is 0 Å². The van der Waals surface area contributed by atoms with Gasteiger partial charge < -0.3 is 15.0 Å². The molecule has 1 heterocycles. The van der Waals surface area contributed by atoms with E-state index in [2.05, 4.69) is 10.2 Å². The largest absolute Gasteiger partial charge is 0.378 e. The summed E-state index contributed by atoms with van der Waals surface area (Å²) < 4.78 is 5.32. The highest BCUT2D eigenvalue weighted by molar-refractivity contribution is 5.94. The number of ether oxygens (including phenoxy) is 1. The smallest absolute Gasteiger partial charge is 0.251 e. The summed E-state index contributed by atoms with van der Waals surface area (Å²) in [5.74, 6) is 0.00498. The molecule has 4 nitrogen and oxygen atoms in total. The van der Waals surface area contributed by atoms with E-state index in [-0.39, 0.29) is 5.91 Å². The fourth-order valence-corrected chi connectivity index (χ4v) is 1.99. The summed E-state index contributed by atoms with van der Waals surface area (Å²) in [6.45, 7) is 6.16. The Morgan fingerprint density at radius 2 is 1.94 bits per heavy atom. The van der Waals surface area contributed by atoms with Gasteiger partial charge in [0.05, 0.1) is 13.2 Å². The van der Waals surface area contributed by atoms with Crippen LogP contribution in [0.5, 0.6) is 0 Å². The summed E-state index contributed by atoms with van der Waals surface area (Å²) in [6.07, 6.45) is 0.956. The molecule has 0 unspecified atom stereocenters. The lowest BCUT2D eigenvalue weighted by Gasteiger charge is -2.28. The first-order chi connectivity index (χ1) is 8.81. The summed E-state index contributed by atoms with van der Waals surface area (Å²) in [6, 6.07) is 7.78. The number of nitrogens with zero attached hydrogens (tertiary/aromatic N) is 1. The first-order valence-electron chi connectivity index (χ1n) is 6.52. The van der Waals surface area contributed by atoms with Crippen LogP contribution < -0.4 is 10.2 Å². The topological polar surface area (TPSA) is 41.6 Å². The van der Waals surface area contributed by atoms with Crippen molar-refractivity contribution < 1.29 is 9.53 Å². The van der Waals surface area contributed by atoms with Crippen LogP contribution in [0.2, 0.25) is 0 Å². The van der Waals surface area contributed by atoms with E-state index in [1.165, 1.54) is 0 Å². The van der Waals surface area contributed by atoms with Crippen LogP contribution in [0, 0.1) is 0 Å². The summed E-state index contributed by atoms with van der Waals surface area (Å²) in [5, 5.41) is 2.88. The van der Waals surface area contributed by atoms with E-state index in [1.54, 1.807) is 0 Å². The first-order valence-corrected chi connectivity index (χ1v) is 6.52. The molecule has 1 amide bonds.